The highest BCUT2D eigenvalue weighted by Gasteiger charge is 2.25. The van der Waals surface area contributed by atoms with Gasteiger partial charge in [0.15, 0.2) is 6.10 Å². The summed E-state index contributed by atoms with van der Waals surface area (Å²) < 4.78 is 5.05. The molecule has 1 aromatic rings. The first-order valence-corrected chi connectivity index (χ1v) is 6.00. The molecule has 0 fully saturated rings. The fourth-order valence-corrected chi connectivity index (χ4v) is 1.70. The number of carbonyl (C=O) groups excluding carboxylic acids is 1. The van der Waals surface area contributed by atoms with E-state index in [9.17, 15) is 9.90 Å². The zero-order valence-electron chi connectivity index (χ0n) is 11.3. The summed E-state index contributed by atoms with van der Waals surface area (Å²) >= 11 is 0. The Bertz CT molecular complexity index is 480. The second-order valence-electron chi connectivity index (χ2n) is 4.40. The van der Waals surface area contributed by atoms with E-state index in [2.05, 4.69) is 0 Å². The predicted molar refractivity (Wildman–Crippen MR) is 70.4 cm³/mol. The SMILES string of the molecule is COc1cccc(C(O)C(=O)N(CC#N)C(C)C)c1. The Labute approximate surface area is 113 Å². The molecule has 19 heavy (non-hydrogen) atoms. The van der Waals surface area contributed by atoms with Crippen molar-refractivity contribution in [3.8, 4) is 11.8 Å². The summed E-state index contributed by atoms with van der Waals surface area (Å²) in [6.07, 6.45) is -1.29. The lowest BCUT2D eigenvalue weighted by Gasteiger charge is -2.26. The molecule has 0 aromatic heterocycles. The van der Waals surface area contributed by atoms with Crippen LogP contribution >= 0.6 is 0 Å². The molecule has 1 aromatic carbocycles. The van der Waals surface area contributed by atoms with Crippen LogP contribution in [0.5, 0.6) is 5.75 Å². The number of benzene rings is 1. The fourth-order valence-electron chi connectivity index (χ4n) is 1.70. The molecule has 0 spiro atoms. The first-order valence-electron chi connectivity index (χ1n) is 6.00. The molecule has 1 unspecified atom stereocenters. The standard InChI is InChI=1S/C14H18N2O3/c1-10(2)16(8-7-15)14(18)13(17)11-5-4-6-12(9-11)19-3/h4-6,9-10,13,17H,8H2,1-3H3. The molecule has 0 bridgehead atoms. The minimum atomic E-state index is -1.29. The maximum absolute atomic E-state index is 12.2. The normalized spacial score (nSPS) is 11.8. The van der Waals surface area contributed by atoms with Crippen molar-refractivity contribution in [3.63, 3.8) is 0 Å². The van der Waals surface area contributed by atoms with E-state index >= 15 is 0 Å². The maximum Gasteiger partial charge on any atom is 0.257 e. The lowest BCUT2D eigenvalue weighted by atomic mass is 10.1. The van der Waals surface area contributed by atoms with Gasteiger partial charge in [-0.1, -0.05) is 12.1 Å². The van der Waals surface area contributed by atoms with Gasteiger partial charge >= 0.3 is 0 Å². The smallest absolute Gasteiger partial charge is 0.257 e. The molecule has 102 valence electrons. The number of methoxy groups -OCH3 is 1. The molecule has 1 atom stereocenters. The van der Waals surface area contributed by atoms with Crippen LogP contribution in [0, 0.1) is 11.3 Å². The predicted octanol–water partition coefficient (Wildman–Crippen LogP) is 1.49. The molecule has 0 radical (unpaired) electrons. The van der Waals surface area contributed by atoms with Crippen molar-refractivity contribution in [2.24, 2.45) is 0 Å². The van der Waals surface area contributed by atoms with Crippen molar-refractivity contribution in [1.29, 1.82) is 5.26 Å². The Morgan fingerprint density at radius 1 is 1.53 bits per heavy atom. The van der Waals surface area contributed by atoms with Crippen molar-refractivity contribution in [2.45, 2.75) is 26.0 Å². The van der Waals surface area contributed by atoms with Gasteiger partial charge < -0.3 is 14.7 Å². The van der Waals surface area contributed by atoms with Gasteiger partial charge in [0.25, 0.3) is 5.91 Å². The Balaban J connectivity index is 2.94. The molecule has 5 nitrogen and oxygen atoms in total. The van der Waals surface area contributed by atoms with E-state index in [0.717, 1.165) is 0 Å². The lowest BCUT2D eigenvalue weighted by molar-refractivity contribution is -0.141. The maximum atomic E-state index is 12.2. The zero-order chi connectivity index (χ0) is 14.4. The number of nitriles is 1. The molecule has 0 aliphatic rings. The number of ether oxygens (including phenoxy) is 1. The van der Waals surface area contributed by atoms with Crippen molar-refractivity contribution >= 4 is 5.91 Å². The number of aliphatic hydroxyl groups excluding tert-OH is 1. The van der Waals surface area contributed by atoms with E-state index in [1.807, 2.05) is 6.07 Å². The summed E-state index contributed by atoms with van der Waals surface area (Å²) in [5, 5.41) is 18.8. The molecular weight excluding hydrogens is 244 g/mol. The van der Waals surface area contributed by atoms with Crippen LogP contribution in [0.15, 0.2) is 24.3 Å². The molecule has 0 heterocycles. The van der Waals surface area contributed by atoms with Gasteiger partial charge in [0.1, 0.15) is 12.3 Å². The minimum absolute atomic E-state index is 0.0441. The fraction of sp³-hybridized carbons (Fsp3) is 0.429. The van der Waals surface area contributed by atoms with Crippen molar-refractivity contribution in [1.82, 2.24) is 4.90 Å². The van der Waals surface area contributed by atoms with Crippen molar-refractivity contribution in [2.75, 3.05) is 13.7 Å². The van der Waals surface area contributed by atoms with Gasteiger partial charge in [-0.15, -0.1) is 0 Å². The highest BCUT2D eigenvalue weighted by molar-refractivity contribution is 5.82. The molecule has 1 amide bonds. The van der Waals surface area contributed by atoms with Gasteiger partial charge in [0, 0.05) is 6.04 Å². The van der Waals surface area contributed by atoms with Crippen LogP contribution in [0.4, 0.5) is 0 Å². The number of carbonyl (C=O) groups is 1. The van der Waals surface area contributed by atoms with E-state index in [0.29, 0.717) is 11.3 Å². The molecular formula is C14H18N2O3. The summed E-state index contributed by atoms with van der Waals surface area (Å²) in [6, 6.07) is 8.47. The minimum Gasteiger partial charge on any atom is -0.497 e. The topological polar surface area (TPSA) is 73.6 Å². The number of hydrogen-bond donors (Lipinski definition) is 1. The molecule has 1 N–H and O–H groups in total. The highest BCUT2D eigenvalue weighted by Crippen LogP contribution is 2.21. The average Bonchev–Trinajstić information content (AvgIpc) is 2.42. The van der Waals surface area contributed by atoms with Crippen molar-refractivity contribution < 1.29 is 14.6 Å². The van der Waals surface area contributed by atoms with Gasteiger partial charge in [-0.2, -0.15) is 5.26 Å². The molecule has 0 saturated heterocycles. The van der Waals surface area contributed by atoms with Crippen LogP contribution < -0.4 is 4.74 Å². The third-order valence-electron chi connectivity index (χ3n) is 2.79. The zero-order valence-corrected chi connectivity index (χ0v) is 11.3. The van der Waals surface area contributed by atoms with Crippen LogP contribution in [0.3, 0.4) is 0 Å². The van der Waals surface area contributed by atoms with E-state index < -0.39 is 12.0 Å². The number of rotatable bonds is 5. The van der Waals surface area contributed by atoms with Crippen molar-refractivity contribution in [3.05, 3.63) is 29.8 Å². The first-order chi connectivity index (χ1) is 9.01. The Kier molecular flexibility index (Phi) is 5.34. The molecule has 1 rings (SSSR count). The first kappa shape index (κ1) is 15.0. The van der Waals surface area contributed by atoms with Gasteiger partial charge in [-0.05, 0) is 31.5 Å². The lowest BCUT2D eigenvalue weighted by Crippen LogP contribution is -2.40. The average molecular weight is 262 g/mol. The van der Waals surface area contributed by atoms with Gasteiger partial charge in [-0.25, -0.2) is 0 Å². The number of amides is 1. The summed E-state index contributed by atoms with van der Waals surface area (Å²) in [4.78, 5) is 13.5. The van der Waals surface area contributed by atoms with Crippen LogP contribution in [0.2, 0.25) is 0 Å². The second-order valence-corrected chi connectivity index (χ2v) is 4.40. The van der Waals surface area contributed by atoms with Crippen LogP contribution in [-0.4, -0.2) is 35.6 Å². The van der Waals surface area contributed by atoms with Gasteiger partial charge in [0.2, 0.25) is 0 Å². The van der Waals surface area contributed by atoms with Crippen LogP contribution in [0.1, 0.15) is 25.5 Å². The van der Waals surface area contributed by atoms with Crippen LogP contribution in [0.25, 0.3) is 0 Å². The Morgan fingerprint density at radius 2 is 2.21 bits per heavy atom. The Morgan fingerprint density at radius 3 is 2.74 bits per heavy atom. The largest absolute Gasteiger partial charge is 0.497 e. The third kappa shape index (κ3) is 3.70. The molecule has 0 saturated carbocycles. The Hall–Kier alpha value is -2.06. The van der Waals surface area contributed by atoms with Gasteiger partial charge in [0.05, 0.1) is 13.2 Å². The quantitative estimate of drug-likeness (QED) is 0.816. The molecule has 5 heteroatoms. The van der Waals surface area contributed by atoms with E-state index in [1.165, 1.54) is 12.0 Å². The van der Waals surface area contributed by atoms with E-state index in [1.54, 1.807) is 38.1 Å². The van der Waals surface area contributed by atoms with Crippen LogP contribution in [-0.2, 0) is 4.79 Å². The summed E-state index contributed by atoms with van der Waals surface area (Å²) in [5.41, 5.74) is 0.452. The summed E-state index contributed by atoms with van der Waals surface area (Å²) in [5.74, 6) is 0.0885. The number of aliphatic hydroxyl groups is 1. The van der Waals surface area contributed by atoms with E-state index in [4.69, 9.17) is 10.00 Å². The highest BCUT2D eigenvalue weighted by atomic mass is 16.5. The van der Waals surface area contributed by atoms with E-state index in [-0.39, 0.29) is 12.6 Å². The monoisotopic (exact) mass is 262 g/mol. The van der Waals surface area contributed by atoms with Gasteiger partial charge in [-0.3, -0.25) is 4.79 Å². The number of nitrogens with zero attached hydrogens (tertiary/aromatic N) is 2. The molecule has 0 aliphatic heterocycles. The summed E-state index contributed by atoms with van der Waals surface area (Å²) in [6.45, 7) is 3.55. The second kappa shape index (κ2) is 6.76. The number of hydrogen-bond acceptors (Lipinski definition) is 4. The third-order valence-corrected chi connectivity index (χ3v) is 2.79. The molecule has 0 aliphatic carbocycles. The summed E-state index contributed by atoms with van der Waals surface area (Å²) in [7, 11) is 1.52.